The number of sulfonamides is 1. The van der Waals surface area contributed by atoms with Crippen LogP contribution in [0.25, 0.3) is 0 Å². The van der Waals surface area contributed by atoms with Gasteiger partial charge in [0, 0.05) is 23.5 Å². The molecule has 4 rings (SSSR count). The summed E-state index contributed by atoms with van der Waals surface area (Å²) in [5.74, 6) is 1.66. The van der Waals surface area contributed by atoms with Crippen molar-refractivity contribution in [2.45, 2.75) is 4.90 Å². The van der Waals surface area contributed by atoms with Crippen molar-refractivity contribution in [1.29, 1.82) is 0 Å². The van der Waals surface area contributed by atoms with Gasteiger partial charge in [0.2, 0.25) is 12.7 Å². The van der Waals surface area contributed by atoms with E-state index in [1.54, 1.807) is 24.3 Å². The van der Waals surface area contributed by atoms with Crippen molar-refractivity contribution < 1.29 is 22.6 Å². The third-order valence-corrected chi connectivity index (χ3v) is 5.72. The lowest BCUT2D eigenvalue weighted by Gasteiger charge is -2.12. The van der Waals surface area contributed by atoms with Crippen molar-refractivity contribution in [2.75, 3.05) is 29.3 Å². The fourth-order valence-electron chi connectivity index (χ4n) is 2.69. The van der Waals surface area contributed by atoms with Crippen molar-refractivity contribution in [3.8, 4) is 17.4 Å². The van der Waals surface area contributed by atoms with Gasteiger partial charge in [0.15, 0.2) is 16.6 Å². The van der Waals surface area contributed by atoms with Crippen molar-refractivity contribution in [1.82, 2.24) is 9.97 Å². The van der Waals surface area contributed by atoms with Crippen molar-refractivity contribution >= 4 is 44.5 Å². The molecule has 0 unspecified atom stereocenters. The van der Waals surface area contributed by atoms with Crippen LogP contribution in [0.15, 0.2) is 59.8 Å². The van der Waals surface area contributed by atoms with Gasteiger partial charge >= 0.3 is 0 Å². The van der Waals surface area contributed by atoms with Gasteiger partial charge in [-0.15, -0.1) is 0 Å². The number of rotatable bonds is 6. The van der Waals surface area contributed by atoms with Crippen LogP contribution in [-0.2, 0) is 10.0 Å². The Morgan fingerprint density at radius 3 is 2.48 bits per heavy atom. The molecule has 0 amide bonds. The molecule has 0 bridgehead atoms. The lowest BCUT2D eigenvalue weighted by atomic mass is 10.3. The number of thiocarbonyl (C=S) groups is 1. The fraction of sp³-hybridized carbons (Fsp3) is 0.105. The number of aromatic nitrogens is 2. The van der Waals surface area contributed by atoms with Crippen LogP contribution in [0.5, 0.6) is 17.4 Å². The van der Waals surface area contributed by atoms with Gasteiger partial charge in [0.25, 0.3) is 10.0 Å². The standard InChI is InChI=1S/C19H17N5O5S2/c1-27-18-9-17(20-10-21-18)24-31(25,26)14-5-2-12(3-6-14)22-19(30)23-13-4-7-15-16(8-13)29-11-28-15/h2-10H,11H2,1H3,(H,20,21,24)(H2,22,23,30). The Morgan fingerprint density at radius 1 is 1.00 bits per heavy atom. The number of hydrogen-bond donors (Lipinski definition) is 3. The first-order valence-corrected chi connectivity index (χ1v) is 10.8. The molecule has 0 saturated heterocycles. The summed E-state index contributed by atoms with van der Waals surface area (Å²) in [6, 6.07) is 12.9. The third kappa shape index (κ3) is 4.92. The molecule has 160 valence electrons. The molecule has 2 heterocycles. The molecule has 0 saturated carbocycles. The minimum Gasteiger partial charge on any atom is -0.481 e. The number of nitrogens with zero attached hydrogens (tertiary/aromatic N) is 2. The van der Waals surface area contributed by atoms with E-state index >= 15 is 0 Å². The Hall–Kier alpha value is -3.64. The smallest absolute Gasteiger partial charge is 0.263 e. The fourth-order valence-corrected chi connectivity index (χ4v) is 3.92. The van der Waals surface area contributed by atoms with E-state index in [4.69, 9.17) is 26.4 Å². The maximum Gasteiger partial charge on any atom is 0.263 e. The second kappa shape index (κ2) is 8.62. The summed E-state index contributed by atoms with van der Waals surface area (Å²) in [5.41, 5.74) is 1.34. The lowest BCUT2D eigenvalue weighted by Crippen LogP contribution is -2.19. The first-order chi connectivity index (χ1) is 14.9. The number of benzene rings is 2. The second-order valence-corrected chi connectivity index (χ2v) is 8.31. The molecule has 0 spiro atoms. The molecule has 1 aliphatic heterocycles. The van der Waals surface area contributed by atoms with Gasteiger partial charge in [-0.05, 0) is 48.6 Å². The number of methoxy groups -OCH3 is 1. The number of nitrogens with one attached hydrogen (secondary N) is 3. The van der Waals surface area contributed by atoms with E-state index < -0.39 is 10.0 Å². The van der Waals surface area contributed by atoms with Crippen LogP contribution in [0.3, 0.4) is 0 Å². The summed E-state index contributed by atoms with van der Waals surface area (Å²) in [6.07, 6.45) is 1.21. The largest absolute Gasteiger partial charge is 0.481 e. The van der Waals surface area contributed by atoms with Crippen LogP contribution < -0.4 is 29.6 Å². The van der Waals surface area contributed by atoms with Crippen LogP contribution in [0.1, 0.15) is 0 Å². The van der Waals surface area contributed by atoms with Gasteiger partial charge in [-0.2, -0.15) is 0 Å². The molecular formula is C19H17N5O5S2. The van der Waals surface area contributed by atoms with Gasteiger partial charge < -0.3 is 24.8 Å². The summed E-state index contributed by atoms with van der Waals surface area (Å²) in [4.78, 5) is 7.78. The van der Waals surface area contributed by atoms with Gasteiger partial charge in [-0.3, -0.25) is 4.72 Å². The number of anilines is 3. The predicted octanol–water partition coefficient (Wildman–Crippen LogP) is 2.82. The molecule has 0 atom stereocenters. The van der Waals surface area contributed by atoms with Crippen molar-refractivity contribution in [3.63, 3.8) is 0 Å². The number of hydrogen-bond acceptors (Lipinski definition) is 8. The number of ether oxygens (including phenoxy) is 3. The summed E-state index contributed by atoms with van der Waals surface area (Å²) in [7, 11) is -2.41. The molecule has 3 N–H and O–H groups in total. The Labute approximate surface area is 183 Å². The van der Waals surface area contributed by atoms with Crippen LogP contribution >= 0.6 is 12.2 Å². The minimum absolute atomic E-state index is 0.0604. The molecule has 0 radical (unpaired) electrons. The zero-order valence-corrected chi connectivity index (χ0v) is 17.8. The Morgan fingerprint density at radius 2 is 1.71 bits per heavy atom. The van der Waals surface area contributed by atoms with E-state index in [1.165, 1.54) is 31.6 Å². The molecular weight excluding hydrogens is 442 g/mol. The monoisotopic (exact) mass is 459 g/mol. The highest BCUT2D eigenvalue weighted by Crippen LogP contribution is 2.34. The van der Waals surface area contributed by atoms with E-state index in [0.717, 1.165) is 5.69 Å². The Kier molecular flexibility index (Phi) is 5.73. The van der Waals surface area contributed by atoms with Gasteiger partial charge in [0.1, 0.15) is 12.1 Å². The first-order valence-electron chi connectivity index (χ1n) is 8.89. The molecule has 1 aliphatic rings. The highest BCUT2D eigenvalue weighted by molar-refractivity contribution is 7.92. The maximum absolute atomic E-state index is 12.6. The molecule has 31 heavy (non-hydrogen) atoms. The third-order valence-electron chi connectivity index (χ3n) is 4.14. The van der Waals surface area contributed by atoms with E-state index in [0.29, 0.717) is 22.3 Å². The topological polar surface area (TPSA) is 124 Å². The summed E-state index contributed by atoms with van der Waals surface area (Å²) in [5, 5.41) is 6.37. The average molecular weight is 460 g/mol. The van der Waals surface area contributed by atoms with E-state index in [9.17, 15) is 8.42 Å². The van der Waals surface area contributed by atoms with Crippen LogP contribution in [0.4, 0.5) is 17.2 Å². The van der Waals surface area contributed by atoms with Crippen LogP contribution in [0, 0.1) is 0 Å². The van der Waals surface area contributed by atoms with Gasteiger partial charge in [-0.1, -0.05) is 0 Å². The molecule has 2 aromatic carbocycles. The van der Waals surface area contributed by atoms with Gasteiger partial charge in [-0.25, -0.2) is 18.4 Å². The SMILES string of the molecule is COc1cc(NS(=O)(=O)c2ccc(NC(=S)Nc3ccc4c(c3)OCO4)cc2)ncn1. The van der Waals surface area contributed by atoms with E-state index in [-0.39, 0.29) is 23.4 Å². The summed E-state index contributed by atoms with van der Waals surface area (Å²) >= 11 is 5.31. The highest BCUT2D eigenvalue weighted by Gasteiger charge is 2.16. The highest BCUT2D eigenvalue weighted by atomic mass is 32.2. The second-order valence-electron chi connectivity index (χ2n) is 6.22. The van der Waals surface area contributed by atoms with E-state index in [2.05, 4.69) is 25.3 Å². The molecule has 1 aromatic heterocycles. The molecule has 10 nitrogen and oxygen atoms in total. The summed E-state index contributed by atoms with van der Waals surface area (Å²) in [6.45, 7) is 0.191. The molecule has 3 aromatic rings. The Balaban J connectivity index is 1.39. The van der Waals surface area contributed by atoms with Crippen LogP contribution in [-0.4, -0.2) is 37.4 Å². The Bertz CT molecular complexity index is 1220. The van der Waals surface area contributed by atoms with E-state index in [1.807, 2.05) is 6.07 Å². The normalized spacial score (nSPS) is 12.2. The lowest BCUT2D eigenvalue weighted by molar-refractivity contribution is 0.174. The predicted molar refractivity (Wildman–Crippen MR) is 118 cm³/mol. The van der Waals surface area contributed by atoms with Crippen LogP contribution in [0.2, 0.25) is 0 Å². The summed E-state index contributed by atoms with van der Waals surface area (Å²) < 4.78 is 43.1. The van der Waals surface area contributed by atoms with Gasteiger partial charge in [0.05, 0.1) is 12.0 Å². The zero-order valence-electron chi connectivity index (χ0n) is 16.2. The first kappa shape index (κ1) is 20.6. The van der Waals surface area contributed by atoms with Crippen molar-refractivity contribution in [3.05, 3.63) is 54.9 Å². The molecule has 12 heteroatoms. The average Bonchev–Trinajstić information content (AvgIpc) is 3.22. The number of fused-ring (bicyclic) bond motifs is 1. The minimum atomic E-state index is -3.84. The quantitative estimate of drug-likeness (QED) is 0.474. The van der Waals surface area contributed by atoms with Crippen molar-refractivity contribution in [2.24, 2.45) is 0 Å². The zero-order chi connectivity index (χ0) is 21.8. The molecule has 0 fully saturated rings. The maximum atomic E-state index is 12.6. The molecule has 0 aliphatic carbocycles.